The molecule has 0 amide bonds. The lowest BCUT2D eigenvalue weighted by molar-refractivity contribution is -0.210. The number of rotatable bonds is 0. The van der Waals surface area contributed by atoms with Crippen LogP contribution in [0.3, 0.4) is 0 Å². The van der Waals surface area contributed by atoms with Gasteiger partial charge in [-0.25, -0.2) is 4.79 Å². The molecule has 1 aromatic carbocycles. The van der Waals surface area contributed by atoms with Gasteiger partial charge in [-0.05, 0) is 49.0 Å². The van der Waals surface area contributed by atoms with E-state index in [1.165, 1.54) is 0 Å². The van der Waals surface area contributed by atoms with Crippen LogP contribution in [0.25, 0.3) is 0 Å². The zero-order valence-electron chi connectivity index (χ0n) is 17.2. The van der Waals surface area contributed by atoms with Crippen molar-refractivity contribution in [3.8, 4) is 11.5 Å². The molecular formula is C23H30O5. The molecule has 5 unspecified atom stereocenters. The third kappa shape index (κ3) is 1.99. The van der Waals surface area contributed by atoms with Gasteiger partial charge in [0.05, 0.1) is 11.7 Å². The van der Waals surface area contributed by atoms with E-state index in [0.717, 1.165) is 36.8 Å². The van der Waals surface area contributed by atoms with Crippen molar-refractivity contribution in [2.45, 2.75) is 78.1 Å². The first-order valence-corrected chi connectivity index (χ1v) is 10.5. The molecule has 1 aromatic rings. The molecule has 2 aliphatic heterocycles. The molecule has 2 aliphatic carbocycles. The van der Waals surface area contributed by atoms with Crippen molar-refractivity contribution in [2.75, 3.05) is 0 Å². The van der Waals surface area contributed by atoms with Crippen LogP contribution in [0.2, 0.25) is 0 Å². The number of ether oxygens (including phenoxy) is 2. The standard InChI is InChI=1S/C23H30O5/c1-12-5-6-17-21(2,3)18(25)7-8-22(17,4)23(12)10-14-16(24)9-13-15(19(14)28-23)11-27-20(13)26/h9,12,17-18,24-25H,5-8,10-11H2,1-4H3. The molecule has 0 aromatic heterocycles. The summed E-state index contributed by atoms with van der Waals surface area (Å²) in [4.78, 5) is 12.0. The van der Waals surface area contributed by atoms with Crippen LogP contribution in [0.15, 0.2) is 6.07 Å². The number of aromatic hydroxyl groups is 1. The molecule has 2 N–H and O–H groups in total. The summed E-state index contributed by atoms with van der Waals surface area (Å²) < 4.78 is 12.1. The van der Waals surface area contributed by atoms with E-state index in [2.05, 4.69) is 27.7 Å². The molecule has 0 saturated heterocycles. The second-order valence-corrected chi connectivity index (χ2v) is 10.3. The van der Waals surface area contributed by atoms with E-state index < -0.39 is 5.60 Å². The van der Waals surface area contributed by atoms with Crippen molar-refractivity contribution in [3.05, 3.63) is 22.8 Å². The molecule has 2 fully saturated rings. The van der Waals surface area contributed by atoms with Gasteiger partial charge in [-0.15, -0.1) is 0 Å². The number of carbonyl (C=O) groups excluding carboxylic acids is 1. The predicted molar refractivity (Wildman–Crippen MR) is 103 cm³/mol. The highest BCUT2D eigenvalue weighted by molar-refractivity contribution is 5.95. The summed E-state index contributed by atoms with van der Waals surface area (Å²) in [5, 5.41) is 21.4. The van der Waals surface area contributed by atoms with Crippen molar-refractivity contribution in [3.63, 3.8) is 0 Å². The van der Waals surface area contributed by atoms with Crippen LogP contribution in [0.4, 0.5) is 0 Å². The van der Waals surface area contributed by atoms with E-state index in [9.17, 15) is 15.0 Å². The molecule has 5 heteroatoms. The van der Waals surface area contributed by atoms with E-state index in [-0.39, 0.29) is 35.3 Å². The quantitative estimate of drug-likeness (QED) is 0.660. The number of benzene rings is 1. The maximum atomic E-state index is 12.0. The van der Waals surface area contributed by atoms with Gasteiger partial charge in [-0.2, -0.15) is 0 Å². The van der Waals surface area contributed by atoms with Crippen LogP contribution < -0.4 is 4.74 Å². The van der Waals surface area contributed by atoms with Crippen LogP contribution >= 0.6 is 0 Å². The highest BCUT2D eigenvalue weighted by Gasteiger charge is 2.67. The summed E-state index contributed by atoms with van der Waals surface area (Å²) in [6.07, 6.45) is 4.12. The minimum absolute atomic E-state index is 0.116. The van der Waals surface area contributed by atoms with Crippen molar-refractivity contribution >= 4 is 5.97 Å². The van der Waals surface area contributed by atoms with Crippen molar-refractivity contribution in [2.24, 2.45) is 22.7 Å². The highest BCUT2D eigenvalue weighted by Crippen LogP contribution is 2.67. The number of aliphatic hydroxyl groups is 1. The van der Waals surface area contributed by atoms with Gasteiger partial charge in [0.15, 0.2) is 0 Å². The number of phenols is 1. The number of hydrogen-bond acceptors (Lipinski definition) is 5. The predicted octanol–water partition coefficient (Wildman–Crippen LogP) is 3.97. The summed E-state index contributed by atoms with van der Waals surface area (Å²) in [5.41, 5.74) is 1.29. The monoisotopic (exact) mass is 386 g/mol. The average molecular weight is 386 g/mol. The topological polar surface area (TPSA) is 76.0 Å². The Kier molecular flexibility index (Phi) is 3.55. The summed E-state index contributed by atoms with van der Waals surface area (Å²) in [5.74, 6) is 1.07. The molecule has 0 radical (unpaired) electrons. The molecule has 28 heavy (non-hydrogen) atoms. The van der Waals surface area contributed by atoms with Crippen LogP contribution in [-0.4, -0.2) is 27.9 Å². The van der Waals surface area contributed by atoms with Crippen LogP contribution in [0, 0.1) is 22.7 Å². The lowest BCUT2D eigenvalue weighted by Gasteiger charge is -2.64. The number of cyclic esters (lactones) is 1. The lowest BCUT2D eigenvalue weighted by atomic mass is 9.43. The van der Waals surface area contributed by atoms with Crippen molar-refractivity contribution in [1.29, 1.82) is 0 Å². The fourth-order valence-corrected chi connectivity index (χ4v) is 7.09. The molecule has 1 spiro atoms. The molecule has 0 bridgehead atoms. The number of aliphatic hydroxyl groups excluding tert-OH is 1. The number of hydrogen-bond donors (Lipinski definition) is 2. The second kappa shape index (κ2) is 5.44. The Morgan fingerprint density at radius 3 is 2.64 bits per heavy atom. The maximum Gasteiger partial charge on any atom is 0.339 e. The van der Waals surface area contributed by atoms with Gasteiger partial charge >= 0.3 is 5.97 Å². The van der Waals surface area contributed by atoms with E-state index in [1.807, 2.05) is 0 Å². The van der Waals surface area contributed by atoms with Gasteiger partial charge < -0.3 is 19.7 Å². The summed E-state index contributed by atoms with van der Waals surface area (Å²) in [6, 6.07) is 1.55. The molecule has 5 nitrogen and oxygen atoms in total. The van der Waals surface area contributed by atoms with Gasteiger partial charge in [-0.3, -0.25) is 0 Å². The van der Waals surface area contributed by atoms with Crippen LogP contribution in [-0.2, 0) is 17.8 Å². The number of esters is 1. The Hall–Kier alpha value is -1.75. The fourth-order valence-electron chi connectivity index (χ4n) is 7.09. The van der Waals surface area contributed by atoms with Crippen LogP contribution in [0.5, 0.6) is 11.5 Å². The normalized spacial score (nSPS) is 40.5. The first-order valence-electron chi connectivity index (χ1n) is 10.5. The first kappa shape index (κ1) is 18.3. The summed E-state index contributed by atoms with van der Waals surface area (Å²) in [6.45, 7) is 9.17. The number of phenolic OH excluding ortho intramolecular Hbond substituents is 1. The Balaban J connectivity index is 1.65. The van der Waals surface area contributed by atoms with E-state index in [0.29, 0.717) is 29.6 Å². The van der Waals surface area contributed by atoms with E-state index in [1.54, 1.807) is 6.07 Å². The largest absolute Gasteiger partial charge is 0.508 e. The second-order valence-electron chi connectivity index (χ2n) is 10.3. The minimum Gasteiger partial charge on any atom is -0.508 e. The fraction of sp³-hybridized carbons (Fsp3) is 0.696. The Labute approximate surface area is 166 Å². The number of fused-ring (bicyclic) bond motifs is 5. The third-order valence-corrected chi connectivity index (χ3v) is 8.87. The Morgan fingerprint density at radius 2 is 1.89 bits per heavy atom. The zero-order chi connectivity index (χ0) is 20.1. The van der Waals surface area contributed by atoms with E-state index in [4.69, 9.17) is 9.47 Å². The Morgan fingerprint density at radius 1 is 1.14 bits per heavy atom. The molecule has 5 rings (SSSR count). The summed E-state index contributed by atoms with van der Waals surface area (Å²) >= 11 is 0. The molecular weight excluding hydrogens is 356 g/mol. The van der Waals surface area contributed by atoms with Gasteiger partial charge in [0.25, 0.3) is 0 Å². The smallest absolute Gasteiger partial charge is 0.339 e. The molecule has 152 valence electrons. The number of carbonyl (C=O) groups is 1. The van der Waals surface area contributed by atoms with Gasteiger partial charge in [-0.1, -0.05) is 27.7 Å². The first-order chi connectivity index (χ1) is 13.1. The van der Waals surface area contributed by atoms with Gasteiger partial charge in [0.1, 0.15) is 23.7 Å². The van der Waals surface area contributed by atoms with Crippen molar-refractivity contribution in [1.82, 2.24) is 0 Å². The molecule has 5 atom stereocenters. The van der Waals surface area contributed by atoms with Crippen molar-refractivity contribution < 1.29 is 24.5 Å². The SMILES string of the molecule is CC1CCC2C(C)(C)C(O)CCC2(C)C12Cc1c(O)cc3c(c1O2)COC3=O. The molecule has 2 heterocycles. The third-order valence-electron chi connectivity index (χ3n) is 8.87. The Bertz CT molecular complexity index is 874. The summed E-state index contributed by atoms with van der Waals surface area (Å²) in [7, 11) is 0. The average Bonchev–Trinajstić information content (AvgIpc) is 3.20. The highest BCUT2D eigenvalue weighted by atomic mass is 16.5. The van der Waals surface area contributed by atoms with Gasteiger partial charge in [0.2, 0.25) is 0 Å². The lowest BCUT2D eigenvalue weighted by Crippen LogP contribution is -2.66. The zero-order valence-corrected chi connectivity index (χ0v) is 17.2. The minimum atomic E-state index is -0.437. The maximum absolute atomic E-state index is 12.0. The van der Waals surface area contributed by atoms with E-state index >= 15 is 0 Å². The van der Waals surface area contributed by atoms with Gasteiger partial charge in [0, 0.05) is 23.0 Å². The molecule has 4 aliphatic rings. The molecule has 2 saturated carbocycles. The van der Waals surface area contributed by atoms with Crippen LogP contribution in [0.1, 0.15) is 74.9 Å².